The number of fused-ring (bicyclic) bond motifs is 9. The van der Waals surface area contributed by atoms with Gasteiger partial charge >= 0.3 is 11.0 Å². The lowest BCUT2D eigenvalue weighted by molar-refractivity contribution is -0.137. The predicted molar refractivity (Wildman–Crippen MR) is 176 cm³/mol. The number of benzene rings is 3. The van der Waals surface area contributed by atoms with Gasteiger partial charge in [-0.1, -0.05) is 47.7 Å². The van der Waals surface area contributed by atoms with Gasteiger partial charge in [-0.05, 0) is 66.1 Å². The minimum absolute atomic E-state index is 0.00772. The second kappa shape index (κ2) is 11.8. The van der Waals surface area contributed by atoms with Crippen LogP contribution in [0.1, 0.15) is 28.3 Å². The Kier molecular flexibility index (Phi) is 7.63. The van der Waals surface area contributed by atoms with Crippen molar-refractivity contribution < 1.29 is 37.0 Å². The standard InChI is InChI=1S/C35H28F3N3O6S2/c1-46-23-13-16(11-12-22(23)47-15-24(42)39-21-10-6-5-9-20(21)35(36,37)38)25-26-18-14-19(29(26)48-31-30(25)49-34(45)40-31)28-27(18)32(43)41(33(28)44)17-7-3-2-4-8-17/h2-13,18-19,25-29H,14-15H2,1H3,(H,39,42)(H,40,45)/t18-,19-,25-,26?,27?,28?,29?/m1/s1. The van der Waals surface area contributed by atoms with E-state index >= 15 is 0 Å². The van der Waals surface area contributed by atoms with Crippen LogP contribution in [-0.4, -0.2) is 41.7 Å². The average molecular weight is 708 g/mol. The first-order valence-electron chi connectivity index (χ1n) is 15.6. The largest absolute Gasteiger partial charge is 0.493 e. The van der Waals surface area contributed by atoms with E-state index in [1.807, 2.05) is 12.1 Å². The lowest BCUT2D eigenvalue weighted by atomic mass is 9.68. The molecule has 2 bridgehead atoms. The van der Waals surface area contributed by atoms with Gasteiger partial charge in [0, 0.05) is 16.0 Å². The number of anilines is 2. The molecular formula is C35H28F3N3O6S2. The number of hydrogen-bond donors (Lipinski definition) is 2. The number of thioether (sulfide) groups is 1. The van der Waals surface area contributed by atoms with Crippen LogP contribution in [0.25, 0.3) is 0 Å². The summed E-state index contributed by atoms with van der Waals surface area (Å²) in [5.41, 5.74) is 0.0456. The highest BCUT2D eigenvalue weighted by Gasteiger charge is 2.69. The number of aromatic amines is 1. The summed E-state index contributed by atoms with van der Waals surface area (Å²) in [5, 5.41) is 3.02. The first-order chi connectivity index (χ1) is 23.5. The summed E-state index contributed by atoms with van der Waals surface area (Å²) in [6.07, 6.45) is -3.91. The maximum Gasteiger partial charge on any atom is 0.418 e. The van der Waals surface area contributed by atoms with Crippen molar-refractivity contribution in [2.75, 3.05) is 23.9 Å². The highest BCUT2D eigenvalue weighted by Crippen LogP contribution is 2.68. The Morgan fingerprint density at radius 3 is 2.41 bits per heavy atom. The van der Waals surface area contributed by atoms with Crippen LogP contribution in [0, 0.1) is 29.6 Å². The summed E-state index contributed by atoms with van der Waals surface area (Å²) in [6.45, 7) is -0.572. The second-order valence-electron chi connectivity index (χ2n) is 12.6. The molecule has 0 radical (unpaired) electrons. The Bertz CT molecular complexity index is 2050. The Labute approximate surface area is 285 Å². The summed E-state index contributed by atoms with van der Waals surface area (Å²) >= 11 is 2.72. The van der Waals surface area contributed by atoms with E-state index in [0.717, 1.165) is 39.3 Å². The van der Waals surface area contributed by atoms with Crippen LogP contribution >= 0.6 is 23.1 Å². The average Bonchev–Trinajstić information content (AvgIpc) is 3.82. The van der Waals surface area contributed by atoms with E-state index in [-0.39, 0.29) is 57.0 Å². The third-order valence-corrected chi connectivity index (χ3v) is 12.7. The van der Waals surface area contributed by atoms with Gasteiger partial charge in [0.2, 0.25) is 11.8 Å². The maximum absolute atomic E-state index is 13.9. The lowest BCUT2D eigenvalue weighted by Gasteiger charge is -2.43. The molecule has 4 unspecified atom stereocenters. The molecule has 1 saturated heterocycles. The molecule has 3 fully saturated rings. The number of H-pyrrole nitrogens is 1. The van der Waals surface area contributed by atoms with Crippen LogP contribution in [0.5, 0.6) is 11.5 Å². The highest BCUT2D eigenvalue weighted by atomic mass is 32.2. The fraction of sp³-hybridized carbons (Fsp3) is 0.314. The molecule has 8 rings (SSSR count). The van der Waals surface area contributed by atoms with Crippen LogP contribution in [0.4, 0.5) is 24.5 Å². The van der Waals surface area contributed by atoms with Gasteiger partial charge in [0.05, 0.1) is 40.9 Å². The molecule has 9 nitrogen and oxygen atoms in total. The van der Waals surface area contributed by atoms with Gasteiger partial charge in [0.15, 0.2) is 18.1 Å². The van der Waals surface area contributed by atoms with Crippen molar-refractivity contribution in [1.82, 2.24) is 4.98 Å². The van der Waals surface area contributed by atoms with Crippen molar-refractivity contribution in [3.8, 4) is 11.5 Å². The zero-order valence-electron chi connectivity index (χ0n) is 25.7. The second-order valence-corrected chi connectivity index (χ2v) is 14.8. The van der Waals surface area contributed by atoms with Crippen LogP contribution in [0.3, 0.4) is 0 Å². The number of imide groups is 1. The molecule has 4 aromatic rings. The number of nitrogens with zero attached hydrogens (tertiary/aromatic N) is 1. The molecule has 49 heavy (non-hydrogen) atoms. The molecule has 1 aromatic heterocycles. The van der Waals surface area contributed by atoms with E-state index in [1.165, 1.54) is 30.2 Å². The number of rotatable bonds is 7. The zero-order chi connectivity index (χ0) is 34.2. The zero-order valence-corrected chi connectivity index (χ0v) is 27.4. The van der Waals surface area contributed by atoms with Crippen LogP contribution in [0.2, 0.25) is 0 Å². The smallest absolute Gasteiger partial charge is 0.418 e. The summed E-state index contributed by atoms with van der Waals surface area (Å²) in [5.74, 6) is -1.95. The maximum atomic E-state index is 13.9. The minimum Gasteiger partial charge on any atom is -0.493 e. The van der Waals surface area contributed by atoms with Gasteiger partial charge in [-0.15, -0.1) is 11.8 Å². The molecule has 2 aliphatic carbocycles. The van der Waals surface area contributed by atoms with E-state index in [2.05, 4.69) is 10.3 Å². The molecule has 3 heterocycles. The molecule has 2 N–H and O–H groups in total. The van der Waals surface area contributed by atoms with Crippen molar-refractivity contribution in [3.63, 3.8) is 0 Å². The van der Waals surface area contributed by atoms with E-state index < -0.39 is 36.1 Å². The van der Waals surface area contributed by atoms with Crippen molar-refractivity contribution >= 4 is 52.2 Å². The monoisotopic (exact) mass is 707 g/mol. The van der Waals surface area contributed by atoms with Crippen LogP contribution in [-0.2, 0) is 20.6 Å². The summed E-state index contributed by atoms with van der Waals surface area (Å²) in [6, 6.07) is 18.9. The van der Waals surface area contributed by atoms with Crippen LogP contribution < -0.4 is 24.6 Å². The Balaban J connectivity index is 1.07. The number of amides is 3. The normalized spacial score (nSPS) is 26.7. The number of para-hydroxylation sites is 2. The molecular weight excluding hydrogens is 680 g/mol. The first kappa shape index (κ1) is 31.7. The number of thiazole rings is 1. The van der Waals surface area contributed by atoms with Crippen molar-refractivity contribution in [1.29, 1.82) is 0 Å². The number of nitrogens with one attached hydrogen (secondary N) is 2. The Morgan fingerprint density at radius 1 is 0.959 bits per heavy atom. The van der Waals surface area contributed by atoms with E-state index in [1.54, 1.807) is 48.2 Å². The van der Waals surface area contributed by atoms with Gasteiger partial charge in [-0.3, -0.25) is 24.1 Å². The quantitative estimate of drug-likeness (QED) is 0.221. The van der Waals surface area contributed by atoms with Crippen LogP contribution in [0.15, 0.2) is 82.6 Å². The number of alkyl halides is 3. The summed E-state index contributed by atoms with van der Waals surface area (Å²) in [4.78, 5) is 58.0. The number of carbonyl (C=O) groups excluding carboxylic acids is 3. The minimum atomic E-state index is -4.64. The Hall–Kier alpha value is -4.56. The fourth-order valence-electron chi connectivity index (χ4n) is 8.39. The van der Waals surface area contributed by atoms with E-state index in [0.29, 0.717) is 11.4 Å². The molecule has 0 spiro atoms. The topological polar surface area (TPSA) is 118 Å². The highest BCUT2D eigenvalue weighted by molar-refractivity contribution is 8.00. The van der Waals surface area contributed by atoms with Gasteiger partial charge in [0.1, 0.15) is 0 Å². The van der Waals surface area contributed by atoms with Crippen molar-refractivity contribution in [2.45, 2.75) is 28.8 Å². The molecule has 14 heteroatoms. The van der Waals surface area contributed by atoms with Gasteiger partial charge in [0.25, 0.3) is 5.91 Å². The molecule has 252 valence electrons. The number of methoxy groups -OCH3 is 1. The number of hydrogen-bond acceptors (Lipinski definition) is 8. The van der Waals surface area contributed by atoms with Crippen molar-refractivity contribution in [3.05, 3.63) is 98.5 Å². The van der Waals surface area contributed by atoms with Gasteiger partial charge in [-0.25, -0.2) is 0 Å². The third kappa shape index (κ3) is 5.14. The van der Waals surface area contributed by atoms with E-state index in [9.17, 15) is 32.3 Å². The molecule has 3 aromatic carbocycles. The SMILES string of the molecule is COc1cc([C@H]2c3sc(=O)[nH]c3SC3C2[C@H]2C[C@@H]3C3C(=O)N(c4ccccc4)C(=O)C32)ccc1OCC(=O)Nc1ccccc1C(F)(F)F. The Morgan fingerprint density at radius 2 is 1.67 bits per heavy atom. The molecule has 3 amide bonds. The fourth-order valence-corrected chi connectivity index (χ4v) is 11.3. The number of halogens is 3. The first-order valence-corrected chi connectivity index (χ1v) is 17.3. The van der Waals surface area contributed by atoms with Gasteiger partial charge in [-0.2, -0.15) is 13.2 Å². The molecule has 2 saturated carbocycles. The third-order valence-electron chi connectivity index (χ3n) is 10.2. The van der Waals surface area contributed by atoms with Crippen molar-refractivity contribution in [2.24, 2.45) is 29.6 Å². The summed E-state index contributed by atoms with van der Waals surface area (Å²) < 4.78 is 51.5. The number of aromatic nitrogens is 1. The molecule has 7 atom stereocenters. The van der Waals surface area contributed by atoms with E-state index in [4.69, 9.17) is 9.47 Å². The summed E-state index contributed by atoms with van der Waals surface area (Å²) in [7, 11) is 1.44. The predicted octanol–water partition coefficient (Wildman–Crippen LogP) is 6.16. The molecule has 2 aliphatic heterocycles. The molecule has 4 aliphatic rings. The number of ether oxygens (including phenoxy) is 2. The lowest BCUT2D eigenvalue weighted by Crippen LogP contribution is -2.42. The van der Waals surface area contributed by atoms with Gasteiger partial charge < -0.3 is 19.8 Å². The number of carbonyl (C=O) groups is 3.